The lowest BCUT2D eigenvalue weighted by atomic mass is 10.2. The van der Waals surface area contributed by atoms with E-state index in [1.54, 1.807) is 30.4 Å². The molecule has 0 aliphatic heterocycles. The fourth-order valence-electron chi connectivity index (χ4n) is 2.70. The maximum Gasteiger partial charge on any atom is 0.277 e. The van der Waals surface area contributed by atoms with Crippen LogP contribution in [-0.4, -0.2) is 26.6 Å². The number of benzene rings is 1. The minimum absolute atomic E-state index is 0.0954. The van der Waals surface area contributed by atoms with E-state index in [1.165, 1.54) is 0 Å². The van der Waals surface area contributed by atoms with Gasteiger partial charge in [0.2, 0.25) is 0 Å². The van der Waals surface area contributed by atoms with Gasteiger partial charge in [-0.1, -0.05) is 0 Å². The number of rotatable bonds is 3. The fourth-order valence-corrected chi connectivity index (χ4v) is 2.70. The van der Waals surface area contributed by atoms with Crippen molar-refractivity contribution in [3.05, 3.63) is 65.0 Å². The van der Waals surface area contributed by atoms with Crippen molar-refractivity contribution >= 4 is 21.9 Å². The lowest BCUT2D eigenvalue weighted by Crippen LogP contribution is -2.21. The average molecular weight is 306 g/mol. The van der Waals surface area contributed by atoms with Crippen molar-refractivity contribution < 1.29 is 4.74 Å². The zero-order chi connectivity index (χ0) is 15.8. The Morgan fingerprint density at radius 2 is 2.04 bits per heavy atom. The van der Waals surface area contributed by atoms with Gasteiger partial charge in [-0.15, -0.1) is 0 Å². The van der Waals surface area contributed by atoms with Crippen LogP contribution >= 0.6 is 0 Å². The first-order valence-electron chi connectivity index (χ1n) is 7.20. The third-order valence-electron chi connectivity index (χ3n) is 3.88. The van der Waals surface area contributed by atoms with Gasteiger partial charge in [0.05, 0.1) is 25.5 Å². The molecule has 4 aromatic rings. The molecular weight excluding hydrogens is 292 g/mol. The highest BCUT2D eigenvalue weighted by molar-refractivity contribution is 6.04. The quantitative estimate of drug-likeness (QED) is 0.630. The van der Waals surface area contributed by atoms with Crippen LogP contribution in [0.4, 0.5) is 0 Å². The first kappa shape index (κ1) is 13.5. The molecular formula is C17H14N4O2. The van der Waals surface area contributed by atoms with Gasteiger partial charge in [0.25, 0.3) is 5.56 Å². The SMILES string of the molecule is COc1ccc2c(c1)[nH]c1c(=O)n(Cc3ccncc3)cnc12. The Balaban J connectivity index is 1.87. The van der Waals surface area contributed by atoms with Crippen LogP contribution in [0.1, 0.15) is 5.56 Å². The van der Waals surface area contributed by atoms with Crippen molar-refractivity contribution in [3.8, 4) is 5.75 Å². The number of hydrogen-bond donors (Lipinski definition) is 1. The zero-order valence-electron chi connectivity index (χ0n) is 12.5. The predicted molar refractivity (Wildman–Crippen MR) is 87.8 cm³/mol. The Bertz CT molecular complexity index is 1050. The Morgan fingerprint density at radius 3 is 2.83 bits per heavy atom. The Kier molecular flexibility index (Phi) is 3.08. The first-order chi connectivity index (χ1) is 11.3. The second-order valence-corrected chi connectivity index (χ2v) is 5.29. The normalized spacial score (nSPS) is 11.2. The Hall–Kier alpha value is -3.15. The van der Waals surface area contributed by atoms with E-state index in [0.29, 0.717) is 17.6 Å². The number of nitrogens with one attached hydrogen (secondary N) is 1. The topological polar surface area (TPSA) is 72.8 Å². The fraction of sp³-hybridized carbons (Fsp3) is 0.118. The maximum absolute atomic E-state index is 12.7. The van der Waals surface area contributed by atoms with Gasteiger partial charge in [-0.2, -0.15) is 0 Å². The van der Waals surface area contributed by atoms with Crippen LogP contribution in [0.25, 0.3) is 21.9 Å². The summed E-state index contributed by atoms with van der Waals surface area (Å²) in [7, 11) is 1.61. The summed E-state index contributed by atoms with van der Waals surface area (Å²) in [5.74, 6) is 0.737. The standard InChI is InChI=1S/C17H14N4O2/c1-23-12-2-3-13-14(8-12)20-16-15(13)19-10-21(17(16)22)9-11-4-6-18-7-5-11/h2-8,10,20H,9H2,1H3. The van der Waals surface area contributed by atoms with E-state index in [4.69, 9.17) is 4.74 Å². The molecule has 3 heterocycles. The highest BCUT2D eigenvalue weighted by atomic mass is 16.5. The summed E-state index contributed by atoms with van der Waals surface area (Å²) in [5, 5.41) is 0.911. The molecule has 0 aliphatic rings. The first-order valence-corrected chi connectivity index (χ1v) is 7.20. The van der Waals surface area contributed by atoms with Crippen molar-refractivity contribution in [1.29, 1.82) is 0 Å². The maximum atomic E-state index is 12.7. The van der Waals surface area contributed by atoms with Crippen molar-refractivity contribution in [3.63, 3.8) is 0 Å². The lowest BCUT2D eigenvalue weighted by molar-refractivity contribution is 0.415. The monoisotopic (exact) mass is 306 g/mol. The van der Waals surface area contributed by atoms with Crippen LogP contribution in [-0.2, 0) is 6.54 Å². The number of aromatic nitrogens is 4. The van der Waals surface area contributed by atoms with Gasteiger partial charge in [-0.25, -0.2) is 4.98 Å². The molecule has 0 saturated heterocycles. The second-order valence-electron chi connectivity index (χ2n) is 5.29. The molecule has 0 aliphatic carbocycles. The van der Waals surface area contributed by atoms with Gasteiger partial charge >= 0.3 is 0 Å². The molecule has 0 amide bonds. The number of methoxy groups -OCH3 is 1. The van der Waals surface area contributed by atoms with Crippen LogP contribution < -0.4 is 10.3 Å². The van der Waals surface area contributed by atoms with Crippen molar-refractivity contribution in [2.24, 2.45) is 0 Å². The number of nitrogens with zero attached hydrogens (tertiary/aromatic N) is 3. The van der Waals surface area contributed by atoms with Crippen LogP contribution in [0.5, 0.6) is 5.75 Å². The molecule has 4 rings (SSSR count). The number of hydrogen-bond acceptors (Lipinski definition) is 4. The molecule has 0 bridgehead atoms. The molecule has 0 saturated carbocycles. The van der Waals surface area contributed by atoms with Crippen LogP contribution in [0.3, 0.4) is 0 Å². The largest absolute Gasteiger partial charge is 0.497 e. The molecule has 0 radical (unpaired) electrons. The van der Waals surface area contributed by atoms with Gasteiger partial charge < -0.3 is 9.72 Å². The third-order valence-corrected chi connectivity index (χ3v) is 3.88. The van der Waals surface area contributed by atoms with Crippen molar-refractivity contribution in [2.75, 3.05) is 7.11 Å². The van der Waals surface area contributed by atoms with Crippen LogP contribution in [0.15, 0.2) is 53.8 Å². The molecule has 1 N–H and O–H groups in total. The predicted octanol–water partition coefficient (Wildman–Crippen LogP) is 2.33. The summed E-state index contributed by atoms with van der Waals surface area (Å²) in [4.78, 5) is 24.3. The number of ether oxygens (including phenoxy) is 1. The van der Waals surface area contributed by atoms with Gasteiger partial charge in [0, 0.05) is 23.8 Å². The van der Waals surface area contributed by atoms with Gasteiger partial charge in [-0.05, 0) is 29.8 Å². The van der Waals surface area contributed by atoms with Gasteiger partial charge in [0.15, 0.2) is 0 Å². The molecule has 0 spiro atoms. The van der Waals surface area contributed by atoms with Crippen LogP contribution in [0.2, 0.25) is 0 Å². The number of H-pyrrole nitrogens is 1. The number of fused-ring (bicyclic) bond motifs is 3. The summed E-state index contributed by atoms with van der Waals surface area (Å²) in [5.41, 5.74) is 2.93. The molecule has 23 heavy (non-hydrogen) atoms. The molecule has 0 atom stereocenters. The summed E-state index contributed by atoms with van der Waals surface area (Å²) < 4.78 is 6.81. The van der Waals surface area contributed by atoms with E-state index < -0.39 is 0 Å². The molecule has 0 unspecified atom stereocenters. The minimum Gasteiger partial charge on any atom is -0.497 e. The summed E-state index contributed by atoms with van der Waals surface area (Å²) in [6, 6.07) is 9.40. The van der Waals surface area contributed by atoms with E-state index in [-0.39, 0.29) is 5.56 Å². The zero-order valence-corrected chi connectivity index (χ0v) is 12.5. The van der Waals surface area contributed by atoms with E-state index >= 15 is 0 Å². The smallest absolute Gasteiger partial charge is 0.277 e. The third kappa shape index (κ3) is 2.24. The van der Waals surface area contributed by atoms with E-state index in [9.17, 15) is 4.79 Å². The van der Waals surface area contributed by atoms with E-state index in [0.717, 1.165) is 22.2 Å². The van der Waals surface area contributed by atoms with Gasteiger partial charge in [0.1, 0.15) is 16.8 Å². The van der Waals surface area contributed by atoms with E-state index in [1.807, 2.05) is 30.3 Å². The molecule has 0 fully saturated rings. The highest BCUT2D eigenvalue weighted by Crippen LogP contribution is 2.25. The van der Waals surface area contributed by atoms with Crippen molar-refractivity contribution in [2.45, 2.75) is 6.54 Å². The van der Waals surface area contributed by atoms with Gasteiger partial charge in [-0.3, -0.25) is 14.3 Å². The van der Waals surface area contributed by atoms with E-state index in [2.05, 4.69) is 15.0 Å². The molecule has 6 nitrogen and oxygen atoms in total. The summed E-state index contributed by atoms with van der Waals surface area (Å²) in [6.07, 6.45) is 5.01. The second kappa shape index (κ2) is 5.24. The Labute approximate surface area is 131 Å². The number of aromatic amines is 1. The summed E-state index contributed by atoms with van der Waals surface area (Å²) in [6.45, 7) is 0.461. The molecule has 6 heteroatoms. The Morgan fingerprint density at radius 1 is 1.22 bits per heavy atom. The number of pyridine rings is 1. The molecule has 3 aromatic heterocycles. The average Bonchev–Trinajstić information content (AvgIpc) is 2.97. The molecule has 1 aromatic carbocycles. The van der Waals surface area contributed by atoms with Crippen LogP contribution in [0, 0.1) is 0 Å². The lowest BCUT2D eigenvalue weighted by Gasteiger charge is -2.04. The summed E-state index contributed by atoms with van der Waals surface area (Å²) >= 11 is 0. The van der Waals surface area contributed by atoms with Crippen molar-refractivity contribution in [1.82, 2.24) is 19.5 Å². The highest BCUT2D eigenvalue weighted by Gasteiger charge is 2.11. The molecule has 114 valence electrons. The minimum atomic E-state index is -0.0954.